The second-order valence-electron chi connectivity index (χ2n) is 6.01. The van der Waals surface area contributed by atoms with E-state index in [4.69, 9.17) is 0 Å². The first-order valence-corrected chi connectivity index (χ1v) is 7.19. The Labute approximate surface area is 111 Å². The molecule has 0 atom stereocenters. The van der Waals surface area contributed by atoms with Crippen molar-refractivity contribution in [1.29, 1.82) is 5.26 Å². The van der Waals surface area contributed by atoms with Crippen LogP contribution in [0.15, 0.2) is 0 Å². The first-order chi connectivity index (χ1) is 8.46. The van der Waals surface area contributed by atoms with Gasteiger partial charge in [0.25, 0.3) is 0 Å². The normalized spacial score (nSPS) is 26.6. The minimum atomic E-state index is -0.712. The third-order valence-corrected chi connectivity index (χ3v) is 3.90. The largest absolute Gasteiger partial charge is 0.339 e. The lowest BCUT2D eigenvalue weighted by molar-refractivity contribution is -0.147. The minimum absolute atomic E-state index is 0.0641. The number of hydrogen-bond acceptors (Lipinski definition) is 2. The summed E-state index contributed by atoms with van der Waals surface area (Å²) in [5.41, 5.74) is -0.712. The molecule has 1 fully saturated rings. The predicted molar refractivity (Wildman–Crippen MR) is 72.8 cm³/mol. The first kappa shape index (κ1) is 15.0. The minimum Gasteiger partial charge on any atom is -0.339 e. The topological polar surface area (TPSA) is 44.1 Å². The van der Waals surface area contributed by atoms with Gasteiger partial charge in [0.2, 0.25) is 5.91 Å². The summed E-state index contributed by atoms with van der Waals surface area (Å²) in [6.07, 6.45) is 4.81. The SMILES string of the molecule is CCCCCN(C(=O)C1(C#N)CC(C)C1)C(C)C. The van der Waals surface area contributed by atoms with Crippen LogP contribution in [0.3, 0.4) is 0 Å². The van der Waals surface area contributed by atoms with E-state index in [0.717, 1.165) is 38.6 Å². The van der Waals surface area contributed by atoms with E-state index in [9.17, 15) is 10.1 Å². The van der Waals surface area contributed by atoms with Crippen LogP contribution in [0, 0.1) is 22.7 Å². The second kappa shape index (κ2) is 6.22. The molecule has 0 heterocycles. The number of hydrogen-bond donors (Lipinski definition) is 0. The summed E-state index contributed by atoms with van der Waals surface area (Å²) in [7, 11) is 0. The van der Waals surface area contributed by atoms with Crippen molar-refractivity contribution in [3.63, 3.8) is 0 Å². The van der Waals surface area contributed by atoms with Gasteiger partial charge in [0, 0.05) is 12.6 Å². The maximum atomic E-state index is 12.6. The van der Waals surface area contributed by atoms with E-state index in [-0.39, 0.29) is 11.9 Å². The molecule has 0 bridgehead atoms. The molecule has 1 amide bonds. The highest BCUT2D eigenvalue weighted by Crippen LogP contribution is 2.46. The van der Waals surface area contributed by atoms with Crippen LogP contribution >= 0.6 is 0 Å². The zero-order valence-electron chi connectivity index (χ0n) is 12.2. The molecule has 0 unspecified atom stereocenters. The van der Waals surface area contributed by atoms with E-state index in [1.54, 1.807) is 0 Å². The van der Waals surface area contributed by atoms with Crippen molar-refractivity contribution in [1.82, 2.24) is 4.90 Å². The molecule has 18 heavy (non-hydrogen) atoms. The lowest BCUT2D eigenvalue weighted by Crippen LogP contribution is -2.52. The number of amides is 1. The van der Waals surface area contributed by atoms with E-state index in [1.165, 1.54) is 0 Å². The van der Waals surface area contributed by atoms with E-state index < -0.39 is 5.41 Å². The van der Waals surface area contributed by atoms with Crippen molar-refractivity contribution in [2.45, 2.75) is 65.8 Å². The van der Waals surface area contributed by atoms with Gasteiger partial charge in [-0.1, -0.05) is 26.7 Å². The maximum Gasteiger partial charge on any atom is 0.243 e. The van der Waals surface area contributed by atoms with Crippen molar-refractivity contribution in [2.24, 2.45) is 11.3 Å². The van der Waals surface area contributed by atoms with Gasteiger partial charge in [-0.05, 0) is 39.0 Å². The third kappa shape index (κ3) is 3.04. The fourth-order valence-corrected chi connectivity index (χ4v) is 2.84. The van der Waals surface area contributed by atoms with Gasteiger partial charge in [0.1, 0.15) is 5.41 Å². The van der Waals surface area contributed by atoms with Crippen LogP contribution in [0.2, 0.25) is 0 Å². The molecule has 1 rings (SSSR count). The molecule has 0 N–H and O–H groups in total. The van der Waals surface area contributed by atoms with E-state index >= 15 is 0 Å². The molecule has 102 valence electrons. The molecule has 3 heteroatoms. The van der Waals surface area contributed by atoms with Crippen LogP contribution in [0.1, 0.15) is 59.8 Å². The molecular formula is C15H26N2O. The molecule has 0 saturated heterocycles. The Morgan fingerprint density at radius 1 is 1.44 bits per heavy atom. The van der Waals surface area contributed by atoms with Gasteiger partial charge in [-0.2, -0.15) is 5.26 Å². The Morgan fingerprint density at radius 2 is 2.06 bits per heavy atom. The van der Waals surface area contributed by atoms with E-state index in [2.05, 4.69) is 19.9 Å². The van der Waals surface area contributed by atoms with Crippen molar-refractivity contribution in [3.05, 3.63) is 0 Å². The summed E-state index contributed by atoms with van der Waals surface area (Å²) in [5, 5.41) is 9.33. The lowest BCUT2D eigenvalue weighted by atomic mass is 9.62. The molecule has 0 spiro atoms. The summed E-state index contributed by atoms with van der Waals surface area (Å²) in [6.45, 7) is 9.14. The highest BCUT2D eigenvalue weighted by Gasteiger charge is 2.50. The molecule has 1 aliphatic carbocycles. The number of carbonyl (C=O) groups is 1. The summed E-state index contributed by atoms with van der Waals surface area (Å²) in [5.74, 6) is 0.576. The quantitative estimate of drug-likeness (QED) is 0.678. The molecule has 0 radical (unpaired) electrons. The molecule has 0 aromatic heterocycles. The Hall–Kier alpha value is -1.04. The number of unbranched alkanes of at least 4 members (excludes halogenated alkanes) is 2. The molecular weight excluding hydrogens is 224 g/mol. The van der Waals surface area contributed by atoms with Crippen LogP contribution in [0.25, 0.3) is 0 Å². The average Bonchev–Trinajstić information content (AvgIpc) is 2.29. The standard InChI is InChI=1S/C15H26N2O/c1-5-6-7-8-17(12(2)3)14(18)15(11-16)9-13(4)10-15/h12-13H,5-10H2,1-4H3. The number of carbonyl (C=O) groups excluding carboxylic acids is 1. The summed E-state index contributed by atoms with van der Waals surface area (Å²) >= 11 is 0. The lowest BCUT2D eigenvalue weighted by Gasteiger charge is -2.43. The first-order valence-electron chi connectivity index (χ1n) is 7.19. The second-order valence-corrected chi connectivity index (χ2v) is 6.01. The molecule has 3 nitrogen and oxygen atoms in total. The molecule has 0 aromatic carbocycles. The zero-order valence-corrected chi connectivity index (χ0v) is 12.2. The van der Waals surface area contributed by atoms with Crippen molar-refractivity contribution < 1.29 is 4.79 Å². The number of nitrogens with zero attached hydrogens (tertiary/aromatic N) is 2. The average molecular weight is 250 g/mol. The Kier molecular flexibility index (Phi) is 5.19. The fraction of sp³-hybridized carbons (Fsp3) is 0.867. The molecule has 1 aliphatic rings. The van der Waals surface area contributed by atoms with Gasteiger partial charge < -0.3 is 4.90 Å². The Morgan fingerprint density at radius 3 is 2.44 bits per heavy atom. The summed E-state index contributed by atoms with van der Waals surface area (Å²) in [6, 6.07) is 2.47. The van der Waals surface area contributed by atoms with Crippen LogP contribution < -0.4 is 0 Å². The van der Waals surface area contributed by atoms with Crippen LogP contribution in [0.4, 0.5) is 0 Å². The summed E-state index contributed by atoms with van der Waals surface area (Å²) in [4.78, 5) is 14.5. The number of nitriles is 1. The highest BCUT2D eigenvalue weighted by molar-refractivity contribution is 5.86. The third-order valence-electron chi connectivity index (χ3n) is 3.90. The van der Waals surface area contributed by atoms with Gasteiger partial charge in [-0.25, -0.2) is 0 Å². The van der Waals surface area contributed by atoms with Crippen LogP contribution in [-0.4, -0.2) is 23.4 Å². The zero-order chi connectivity index (χ0) is 13.8. The van der Waals surface area contributed by atoms with Gasteiger partial charge in [0.05, 0.1) is 6.07 Å². The smallest absolute Gasteiger partial charge is 0.243 e. The van der Waals surface area contributed by atoms with Crippen LogP contribution in [-0.2, 0) is 4.79 Å². The van der Waals surface area contributed by atoms with Crippen molar-refractivity contribution in [2.75, 3.05) is 6.54 Å². The van der Waals surface area contributed by atoms with Gasteiger partial charge in [0.15, 0.2) is 0 Å². The monoisotopic (exact) mass is 250 g/mol. The highest BCUT2D eigenvalue weighted by atomic mass is 16.2. The Bertz CT molecular complexity index is 324. The van der Waals surface area contributed by atoms with Crippen LogP contribution in [0.5, 0.6) is 0 Å². The molecule has 1 saturated carbocycles. The van der Waals surface area contributed by atoms with Gasteiger partial charge in [-0.3, -0.25) is 4.79 Å². The maximum absolute atomic E-state index is 12.6. The fourth-order valence-electron chi connectivity index (χ4n) is 2.84. The number of rotatable bonds is 6. The molecule has 0 aliphatic heterocycles. The van der Waals surface area contributed by atoms with Crippen molar-refractivity contribution >= 4 is 5.91 Å². The van der Waals surface area contributed by atoms with Crippen molar-refractivity contribution in [3.8, 4) is 6.07 Å². The van der Waals surface area contributed by atoms with E-state index in [1.807, 2.05) is 18.7 Å². The van der Waals surface area contributed by atoms with Gasteiger partial charge >= 0.3 is 0 Å². The van der Waals surface area contributed by atoms with E-state index in [0.29, 0.717) is 5.92 Å². The summed E-state index contributed by atoms with van der Waals surface area (Å²) < 4.78 is 0. The molecule has 0 aromatic rings. The predicted octanol–water partition coefficient (Wildman–Crippen LogP) is 3.35. The Balaban J connectivity index is 2.68. The van der Waals surface area contributed by atoms with Gasteiger partial charge in [-0.15, -0.1) is 0 Å².